The first-order chi connectivity index (χ1) is 15.5. The van der Waals surface area contributed by atoms with Crippen molar-refractivity contribution in [2.45, 2.75) is 20.5 Å². The van der Waals surface area contributed by atoms with E-state index in [-0.39, 0.29) is 24.7 Å². The lowest BCUT2D eigenvalue weighted by Gasteiger charge is -2.13. The molecule has 162 valence electrons. The van der Waals surface area contributed by atoms with Gasteiger partial charge in [-0.2, -0.15) is 0 Å². The Kier molecular flexibility index (Phi) is 6.17. The minimum atomic E-state index is -0.304. The normalized spacial score (nSPS) is 10.7. The second-order valence-corrected chi connectivity index (χ2v) is 7.41. The van der Waals surface area contributed by atoms with Crippen LogP contribution in [-0.4, -0.2) is 21.9 Å². The van der Waals surface area contributed by atoms with Gasteiger partial charge in [-0.1, -0.05) is 36.4 Å². The van der Waals surface area contributed by atoms with Crippen LogP contribution in [0, 0.1) is 13.8 Å². The van der Waals surface area contributed by atoms with E-state index in [2.05, 4.69) is 10.3 Å². The minimum absolute atomic E-state index is 0.0895. The van der Waals surface area contributed by atoms with E-state index in [1.54, 1.807) is 36.5 Å². The van der Waals surface area contributed by atoms with Crippen LogP contribution in [0.2, 0.25) is 0 Å². The van der Waals surface area contributed by atoms with Gasteiger partial charge >= 0.3 is 0 Å². The molecule has 1 amide bonds. The van der Waals surface area contributed by atoms with Gasteiger partial charge in [0.05, 0.1) is 11.4 Å². The number of fused-ring (bicyclic) bond motifs is 1. The number of hydrogen-bond acceptors (Lipinski definition) is 5. The van der Waals surface area contributed by atoms with E-state index >= 15 is 0 Å². The molecule has 0 aliphatic heterocycles. The summed E-state index contributed by atoms with van der Waals surface area (Å²) in [6.45, 7) is 3.80. The van der Waals surface area contributed by atoms with Gasteiger partial charge in [-0.15, -0.1) is 0 Å². The highest BCUT2D eigenvalue weighted by molar-refractivity contribution is 5.93. The van der Waals surface area contributed by atoms with Crippen LogP contribution in [0.3, 0.4) is 0 Å². The Balaban J connectivity index is 1.43. The van der Waals surface area contributed by atoms with Crippen LogP contribution in [-0.2, 0) is 11.4 Å². The van der Waals surface area contributed by atoms with Crippen molar-refractivity contribution in [1.82, 2.24) is 9.38 Å². The fourth-order valence-electron chi connectivity index (χ4n) is 3.23. The fraction of sp³-hybridized carbons (Fsp3) is 0.160. The molecule has 2 aromatic carbocycles. The zero-order valence-electron chi connectivity index (χ0n) is 17.9. The monoisotopic (exact) mass is 429 g/mol. The molecule has 0 spiro atoms. The molecule has 0 bridgehead atoms. The molecule has 4 rings (SSSR count). The lowest BCUT2D eigenvalue weighted by atomic mass is 10.2. The largest absolute Gasteiger partial charge is 0.485 e. The summed E-state index contributed by atoms with van der Waals surface area (Å²) in [7, 11) is 0. The van der Waals surface area contributed by atoms with Crippen molar-refractivity contribution >= 4 is 17.2 Å². The van der Waals surface area contributed by atoms with E-state index in [1.165, 1.54) is 10.5 Å². The predicted molar refractivity (Wildman–Crippen MR) is 122 cm³/mol. The predicted octanol–water partition coefficient (Wildman–Crippen LogP) is 3.91. The van der Waals surface area contributed by atoms with Crippen LogP contribution in [0.5, 0.6) is 11.5 Å². The lowest BCUT2D eigenvalue weighted by molar-refractivity contribution is -0.118. The molecule has 0 aliphatic carbocycles. The molecule has 0 saturated carbocycles. The van der Waals surface area contributed by atoms with Gasteiger partial charge in [-0.05, 0) is 49.2 Å². The summed E-state index contributed by atoms with van der Waals surface area (Å²) in [6, 6.07) is 19.7. The van der Waals surface area contributed by atoms with Gasteiger partial charge in [-0.3, -0.25) is 14.0 Å². The van der Waals surface area contributed by atoms with E-state index in [1.807, 2.05) is 44.2 Å². The Morgan fingerprint density at radius 1 is 0.969 bits per heavy atom. The summed E-state index contributed by atoms with van der Waals surface area (Å²) in [5.41, 5.74) is 3.32. The summed E-state index contributed by atoms with van der Waals surface area (Å²) in [4.78, 5) is 29.3. The van der Waals surface area contributed by atoms with Gasteiger partial charge in [0.1, 0.15) is 23.8 Å². The Morgan fingerprint density at radius 2 is 1.72 bits per heavy atom. The molecular formula is C25H23N3O4. The number of rotatable bonds is 7. The van der Waals surface area contributed by atoms with Crippen molar-refractivity contribution in [2.24, 2.45) is 0 Å². The van der Waals surface area contributed by atoms with Crippen molar-refractivity contribution in [3.8, 4) is 11.5 Å². The van der Waals surface area contributed by atoms with E-state index in [4.69, 9.17) is 9.47 Å². The van der Waals surface area contributed by atoms with Gasteiger partial charge in [0.25, 0.3) is 11.5 Å². The maximum Gasteiger partial charge on any atom is 0.262 e. The van der Waals surface area contributed by atoms with Crippen molar-refractivity contribution < 1.29 is 14.3 Å². The molecule has 2 heterocycles. The third-order valence-electron chi connectivity index (χ3n) is 4.85. The van der Waals surface area contributed by atoms with Gasteiger partial charge in [-0.25, -0.2) is 4.98 Å². The number of nitrogens with zero attached hydrogens (tertiary/aromatic N) is 2. The van der Waals surface area contributed by atoms with E-state index in [0.717, 1.165) is 11.1 Å². The van der Waals surface area contributed by atoms with Gasteiger partial charge < -0.3 is 14.8 Å². The number of carbonyl (C=O) groups is 1. The zero-order chi connectivity index (χ0) is 22.5. The Bertz CT molecular complexity index is 1330. The first kappa shape index (κ1) is 21.1. The van der Waals surface area contributed by atoms with Gasteiger partial charge in [0.15, 0.2) is 6.61 Å². The van der Waals surface area contributed by atoms with Crippen molar-refractivity contribution in [3.05, 3.63) is 100 Å². The molecule has 4 aromatic rings. The fourth-order valence-corrected chi connectivity index (χ4v) is 3.23. The average Bonchev–Trinajstić information content (AvgIpc) is 2.78. The van der Waals surface area contributed by atoms with Crippen molar-refractivity contribution in [2.75, 3.05) is 11.9 Å². The van der Waals surface area contributed by atoms with Gasteiger partial charge in [0, 0.05) is 12.3 Å². The number of para-hydroxylation sites is 3. The Morgan fingerprint density at radius 3 is 2.53 bits per heavy atom. The summed E-state index contributed by atoms with van der Waals surface area (Å²) in [5, 5.41) is 2.81. The van der Waals surface area contributed by atoms with E-state index in [0.29, 0.717) is 28.5 Å². The van der Waals surface area contributed by atoms with Crippen LogP contribution in [0.25, 0.3) is 5.65 Å². The average molecular weight is 429 g/mol. The molecule has 1 N–H and O–H groups in total. The third kappa shape index (κ3) is 4.95. The summed E-state index contributed by atoms with van der Waals surface area (Å²) < 4.78 is 13.0. The number of benzene rings is 2. The number of nitrogens with one attached hydrogen (secondary N) is 1. The van der Waals surface area contributed by atoms with Crippen LogP contribution in [0.1, 0.15) is 16.8 Å². The maximum atomic E-state index is 12.4. The maximum absolute atomic E-state index is 12.4. The topological polar surface area (TPSA) is 81.9 Å². The molecule has 0 unspecified atom stereocenters. The zero-order valence-corrected chi connectivity index (χ0v) is 17.9. The SMILES string of the molecule is Cc1ccc2nc(COc3ccccc3NC(=O)COc3ccccc3C)cc(=O)n2c1. The highest BCUT2D eigenvalue weighted by Crippen LogP contribution is 2.25. The lowest BCUT2D eigenvalue weighted by Crippen LogP contribution is -2.21. The number of carbonyl (C=O) groups excluding carboxylic acids is 1. The summed E-state index contributed by atoms with van der Waals surface area (Å²) in [6.07, 6.45) is 1.75. The third-order valence-corrected chi connectivity index (χ3v) is 4.85. The number of pyridine rings is 1. The summed E-state index contributed by atoms with van der Waals surface area (Å²) >= 11 is 0. The molecule has 7 nitrogen and oxygen atoms in total. The molecule has 0 saturated heterocycles. The smallest absolute Gasteiger partial charge is 0.262 e. The number of hydrogen-bond donors (Lipinski definition) is 1. The standard InChI is InChI=1S/C25H23N3O4/c1-17-11-12-23-26-19(13-25(30)28(23)14-17)15-31-22-10-6-4-8-20(22)27-24(29)16-32-21-9-5-3-7-18(21)2/h3-14H,15-16H2,1-2H3,(H,27,29). The number of anilines is 1. The minimum Gasteiger partial charge on any atom is -0.485 e. The molecule has 0 fully saturated rings. The number of ether oxygens (including phenoxy) is 2. The second kappa shape index (κ2) is 9.34. The quantitative estimate of drug-likeness (QED) is 0.482. The second-order valence-electron chi connectivity index (χ2n) is 7.41. The number of aromatic nitrogens is 2. The highest BCUT2D eigenvalue weighted by Gasteiger charge is 2.10. The Hall–Kier alpha value is -4.13. The van der Waals surface area contributed by atoms with Crippen LogP contribution in [0.15, 0.2) is 77.7 Å². The highest BCUT2D eigenvalue weighted by atomic mass is 16.5. The molecule has 7 heteroatoms. The first-order valence-corrected chi connectivity index (χ1v) is 10.2. The van der Waals surface area contributed by atoms with Crippen LogP contribution in [0.4, 0.5) is 5.69 Å². The molecular weight excluding hydrogens is 406 g/mol. The van der Waals surface area contributed by atoms with E-state index in [9.17, 15) is 9.59 Å². The van der Waals surface area contributed by atoms with Crippen LogP contribution >= 0.6 is 0 Å². The molecule has 32 heavy (non-hydrogen) atoms. The first-order valence-electron chi connectivity index (χ1n) is 10.2. The van der Waals surface area contributed by atoms with Crippen molar-refractivity contribution in [1.29, 1.82) is 0 Å². The van der Waals surface area contributed by atoms with Crippen molar-refractivity contribution in [3.63, 3.8) is 0 Å². The molecule has 0 aliphatic rings. The molecule has 0 radical (unpaired) electrons. The summed E-state index contributed by atoms with van der Waals surface area (Å²) in [5.74, 6) is 0.834. The van der Waals surface area contributed by atoms with Gasteiger partial charge in [0.2, 0.25) is 0 Å². The number of amides is 1. The van der Waals surface area contributed by atoms with Crippen LogP contribution < -0.4 is 20.3 Å². The Labute approximate surface area is 185 Å². The van der Waals surface area contributed by atoms with E-state index < -0.39 is 0 Å². The number of aryl methyl sites for hydroxylation is 2. The molecule has 0 atom stereocenters. The molecule has 2 aromatic heterocycles.